The second-order valence-electron chi connectivity index (χ2n) is 4.91. The summed E-state index contributed by atoms with van der Waals surface area (Å²) in [6.07, 6.45) is 2.71. The monoisotopic (exact) mass is 303 g/mol. The van der Waals surface area contributed by atoms with Gasteiger partial charge in [0.2, 0.25) is 0 Å². The predicted molar refractivity (Wildman–Crippen MR) is 85.6 cm³/mol. The average molecular weight is 303 g/mol. The first-order valence-electron chi connectivity index (χ1n) is 7.12. The number of allylic oxidation sites excluding steroid dienone is 2. The van der Waals surface area contributed by atoms with E-state index in [0.717, 1.165) is 17.1 Å². The number of ether oxygens (including phenoxy) is 2. The molecule has 0 bridgehead atoms. The molecule has 0 aliphatic carbocycles. The lowest BCUT2D eigenvalue weighted by molar-refractivity contribution is -0.0852. The van der Waals surface area contributed by atoms with Crippen molar-refractivity contribution in [2.24, 2.45) is 0 Å². The van der Waals surface area contributed by atoms with E-state index >= 15 is 0 Å². The van der Waals surface area contributed by atoms with E-state index in [0.29, 0.717) is 18.8 Å². The quantitative estimate of drug-likeness (QED) is 0.781. The molecule has 3 rings (SSSR count). The molecule has 1 aromatic carbocycles. The van der Waals surface area contributed by atoms with Crippen LogP contribution in [0, 0.1) is 0 Å². The van der Waals surface area contributed by atoms with Crippen molar-refractivity contribution in [1.29, 1.82) is 0 Å². The molecule has 0 radical (unpaired) electrons. The fraction of sp³-hybridized carbons (Fsp3) is 0.294. The number of benzene rings is 1. The zero-order valence-corrected chi connectivity index (χ0v) is 12.4. The van der Waals surface area contributed by atoms with E-state index in [1.165, 1.54) is 0 Å². The van der Waals surface area contributed by atoms with Gasteiger partial charge < -0.3 is 25.0 Å². The number of para-hydroxylation sites is 2. The minimum absolute atomic E-state index is 0.279. The Hall–Kier alpha value is -2.08. The van der Waals surface area contributed by atoms with Gasteiger partial charge in [-0.15, -0.1) is 0 Å². The number of aliphatic hydroxyl groups excluding tert-OH is 2. The molecule has 1 saturated heterocycles. The molecule has 2 atom stereocenters. The summed E-state index contributed by atoms with van der Waals surface area (Å²) in [5.74, 6) is 1.52. The lowest BCUT2D eigenvalue weighted by Gasteiger charge is -2.22. The summed E-state index contributed by atoms with van der Waals surface area (Å²) in [6, 6.07) is 7.75. The van der Waals surface area contributed by atoms with Crippen molar-refractivity contribution in [3.63, 3.8) is 0 Å². The van der Waals surface area contributed by atoms with Crippen LogP contribution in [0.5, 0.6) is 5.75 Å². The van der Waals surface area contributed by atoms with Crippen LogP contribution in [0.4, 0.5) is 5.69 Å². The maximum absolute atomic E-state index is 8.85. The number of anilines is 1. The second kappa shape index (κ2) is 7.79. The Morgan fingerprint density at radius 3 is 2.50 bits per heavy atom. The molecular weight excluding hydrogens is 282 g/mol. The fourth-order valence-corrected chi connectivity index (χ4v) is 2.05. The molecule has 1 fully saturated rings. The van der Waals surface area contributed by atoms with Gasteiger partial charge in [0.25, 0.3) is 0 Å². The van der Waals surface area contributed by atoms with E-state index in [1.54, 1.807) is 12.2 Å². The van der Waals surface area contributed by atoms with Crippen molar-refractivity contribution in [2.75, 3.05) is 18.5 Å². The van der Waals surface area contributed by atoms with Gasteiger partial charge >= 0.3 is 0 Å². The molecule has 5 heteroatoms. The number of hydrogen-bond donors (Lipinski definition) is 3. The van der Waals surface area contributed by atoms with Gasteiger partial charge in [-0.2, -0.15) is 0 Å². The number of hydrogen-bond acceptors (Lipinski definition) is 5. The van der Waals surface area contributed by atoms with Crippen molar-refractivity contribution in [3.05, 3.63) is 61.0 Å². The third kappa shape index (κ3) is 3.98. The molecule has 22 heavy (non-hydrogen) atoms. The molecule has 0 aromatic heterocycles. The highest BCUT2D eigenvalue weighted by Gasteiger charge is 2.20. The summed E-state index contributed by atoms with van der Waals surface area (Å²) in [5, 5.41) is 20.9. The molecule has 0 amide bonds. The van der Waals surface area contributed by atoms with Crippen LogP contribution >= 0.6 is 0 Å². The van der Waals surface area contributed by atoms with Crippen LogP contribution in [0.25, 0.3) is 0 Å². The van der Waals surface area contributed by atoms with E-state index < -0.39 is 12.2 Å². The van der Waals surface area contributed by atoms with E-state index in [9.17, 15) is 0 Å². The summed E-state index contributed by atoms with van der Waals surface area (Å²) < 4.78 is 10.5. The Morgan fingerprint density at radius 2 is 1.91 bits per heavy atom. The molecule has 5 nitrogen and oxygen atoms in total. The molecule has 0 spiro atoms. The summed E-state index contributed by atoms with van der Waals surface area (Å²) in [7, 11) is 0. The first kappa shape index (κ1) is 16.3. The van der Waals surface area contributed by atoms with E-state index in [4.69, 9.17) is 19.7 Å². The highest BCUT2D eigenvalue weighted by atomic mass is 16.5. The average Bonchev–Trinajstić information content (AvgIpc) is 2.56. The van der Waals surface area contributed by atoms with Gasteiger partial charge in [0.15, 0.2) is 5.75 Å². The number of aliphatic hydroxyl groups is 2. The molecule has 2 aliphatic heterocycles. The van der Waals surface area contributed by atoms with Crippen molar-refractivity contribution in [1.82, 2.24) is 0 Å². The molecule has 2 unspecified atom stereocenters. The topological polar surface area (TPSA) is 71.0 Å². The van der Waals surface area contributed by atoms with Crippen LogP contribution in [-0.4, -0.2) is 35.6 Å². The van der Waals surface area contributed by atoms with Gasteiger partial charge in [0.1, 0.15) is 11.9 Å². The zero-order valence-electron chi connectivity index (χ0n) is 12.4. The van der Waals surface area contributed by atoms with Gasteiger partial charge in [0.05, 0.1) is 24.1 Å². The van der Waals surface area contributed by atoms with Crippen molar-refractivity contribution >= 4 is 5.69 Å². The van der Waals surface area contributed by atoms with Crippen molar-refractivity contribution in [2.45, 2.75) is 18.6 Å². The van der Waals surface area contributed by atoms with Crippen LogP contribution in [0.1, 0.15) is 6.42 Å². The maximum atomic E-state index is 8.85. The molecular formula is C17H21NO4. The van der Waals surface area contributed by atoms with E-state index in [1.807, 2.05) is 24.3 Å². The smallest absolute Gasteiger partial charge is 0.150 e. The van der Waals surface area contributed by atoms with Gasteiger partial charge in [-0.3, -0.25) is 0 Å². The third-order valence-electron chi connectivity index (χ3n) is 3.32. The normalized spacial score (nSPS) is 23.2. The molecule has 1 aromatic rings. The summed E-state index contributed by atoms with van der Waals surface area (Å²) in [6.45, 7) is 8.24. The molecule has 3 N–H and O–H groups in total. The summed E-state index contributed by atoms with van der Waals surface area (Å²) in [4.78, 5) is 0. The second-order valence-corrected chi connectivity index (χ2v) is 4.91. The van der Waals surface area contributed by atoms with Crippen LogP contribution in [0.3, 0.4) is 0 Å². The summed E-state index contributed by atoms with van der Waals surface area (Å²) in [5.41, 5.74) is 1.80. The highest BCUT2D eigenvalue weighted by molar-refractivity contribution is 5.64. The van der Waals surface area contributed by atoms with Crippen molar-refractivity contribution in [3.8, 4) is 5.75 Å². The molecule has 0 saturated carbocycles. The largest absolute Gasteiger partial charge is 0.453 e. The Bertz CT molecular complexity index is 519. The Kier molecular flexibility index (Phi) is 5.77. The first-order valence-corrected chi connectivity index (χ1v) is 7.12. The van der Waals surface area contributed by atoms with Gasteiger partial charge in [-0.25, -0.2) is 0 Å². The molecule has 118 valence electrons. The predicted octanol–water partition coefficient (Wildman–Crippen LogP) is 2.20. The van der Waals surface area contributed by atoms with Crippen LogP contribution < -0.4 is 10.1 Å². The summed E-state index contributed by atoms with van der Waals surface area (Å²) >= 11 is 0. The fourth-order valence-electron chi connectivity index (χ4n) is 2.05. The molecule has 2 aliphatic rings. The zero-order chi connectivity index (χ0) is 15.9. The first-order chi connectivity index (χ1) is 10.7. The number of fused-ring (bicyclic) bond motifs is 1. The van der Waals surface area contributed by atoms with Gasteiger partial charge in [-0.05, 0) is 30.7 Å². The Balaban J connectivity index is 0.000000188. The molecule has 2 heterocycles. The van der Waals surface area contributed by atoms with Crippen LogP contribution in [0.2, 0.25) is 0 Å². The Morgan fingerprint density at radius 1 is 1.14 bits per heavy atom. The van der Waals surface area contributed by atoms with E-state index in [-0.39, 0.29) is 6.61 Å². The standard InChI is InChI=1S/C12H11NO.C5H10O3/c1-3-9-11(4-2)14-12-8-6-5-7-10(12)13-9;6-4-1-2-8-3-5(4)7/h3-8,13H,1-2H2;4-7H,1-3H2. The van der Waals surface area contributed by atoms with Gasteiger partial charge in [-0.1, -0.05) is 25.3 Å². The lowest BCUT2D eigenvalue weighted by Crippen LogP contribution is -2.36. The third-order valence-corrected chi connectivity index (χ3v) is 3.32. The minimum Gasteiger partial charge on any atom is -0.453 e. The number of nitrogens with one attached hydrogen (secondary N) is 1. The van der Waals surface area contributed by atoms with Crippen molar-refractivity contribution < 1.29 is 19.7 Å². The van der Waals surface area contributed by atoms with E-state index in [2.05, 4.69) is 18.5 Å². The maximum Gasteiger partial charge on any atom is 0.150 e. The number of rotatable bonds is 2. The van der Waals surface area contributed by atoms with Crippen LogP contribution in [0.15, 0.2) is 61.0 Å². The lowest BCUT2D eigenvalue weighted by atomic mass is 10.1. The minimum atomic E-state index is -0.663. The van der Waals surface area contributed by atoms with Crippen LogP contribution in [-0.2, 0) is 4.74 Å². The SMILES string of the molecule is C=CC1=C(C=C)Oc2ccccc2N1.OC1CCOCC1O. The Labute approximate surface area is 130 Å². The van der Waals surface area contributed by atoms with Gasteiger partial charge in [0, 0.05) is 6.61 Å². The highest BCUT2D eigenvalue weighted by Crippen LogP contribution is 2.32.